The Hall–Kier alpha value is -1.47. The van der Waals surface area contributed by atoms with Crippen molar-refractivity contribution in [2.75, 3.05) is 11.9 Å². The van der Waals surface area contributed by atoms with Crippen LogP contribution >= 0.6 is 27.3 Å². The van der Waals surface area contributed by atoms with Gasteiger partial charge in [0, 0.05) is 28.9 Å². The zero-order valence-corrected chi connectivity index (χ0v) is 12.6. The molecule has 5 nitrogen and oxygen atoms in total. The van der Waals surface area contributed by atoms with Crippen LogP contribution in [0.25, 0.3) is 0 Å². The molecule has 0 spiro atoms. The second-order valence-corrected chi connectivity index (χ2v) is 5.93. The van der Waals surface area contributed by atoms with Crippen molar-refractivity contribution < 1.29 is 4.92 Å². The van der Waals surface area contributed by atoms with Crippen molar-refractivity contribution in [3.05, 3.63) is 48.9 Å². The van der Waals surface area contributed by atoms with Gasteiger partial charge in [-0.05, 0) is 19.1 Å². The first kappa shape index (κ1) is 14.0. The average Bonchev–Trinajstić information content (AvgIpc) is 2.77. The van der Waals surface area contributed by atoms with Gasteiger partial charge in [0.1, 0.15) is 5.69 Å². The summed E-state index contributed by atoms with van der Waals surface area (Å²) in [6.45, 7) is 2.58. The largest absolute Gasteiger partial charge is 0.379 e. The highest BCUT2D eigenvalue weighted by Crippen LogP contribution is 2.27. The van der Waals surface area contributed by atoms with E-state index >= 15 is 0 Å². The molecule has 0 saturated heterocycles. The Labute approximate surface area is 123 Å². The standard InChI is InChI=1S/C12H12BrN3O2S/c1-8-15-10(7-19-8)4-5-14-11-3-2-9(13)6-12(11)16(17)18/h2-3,6-7,14H,4-5H2,1H3. The van der Waals surface area contributed by atoms with Crippen LogP contribution in [0.4, 0.5) is 11.4 Å². The van der Waals surface area contributed by atoms with Gasteiger partial charge in [-0.15, -0.1) is 11.3 Å². The van der Waals surface area contributed by atoms with Gasteiger partial charge in [-0.1, -0.05) is 15.9 Å². The number of hydrogen-bond acceptors (Lipinski definition) is 5. The smallest absolute Gasteiger partial charge is 0.293 e. The third kappa shape index (κ3) is 3.74. The van der Waals surface area contributed by atoms with E-state index in [-0.39, 0.29) is 10.6 Å². The third-order valence-corrected chi connectivity index (χ3v) is 3.84. The van der Waals surface area contributed by atoms with Gasteiger partial charge in [0.25, 0.3) is 5.69 Å². The molecular formula is C12H12BrN3O2S. The lowest BCUT2D eigenvalue weighted by atomic mass is 10.2. The number of rotatable bonds is 5. The molecule has 0 aliphatic heterocycles. The molecule has 1 aromatic carbocycles. The van der Waals surface area contributed by atoms with E-state index in [9.17, 15) is 10.1 Å². The molecule has 0 amide bonds. The minimum Gasteiger partial charge on any atom is -0.379 e. The van der Waals surface area contributed by atoms with Crippen LogP contribution in [-0.2, 0) is 6.42 Å². The number of nitro benzene ring substituents is 1. The fourth-order valence-electron chi connectivity index (χ4n) is 1.65. The van der Waals surface area contributed by atoms with Crippen LogP contribution in [0.1, 0.15) is 10.7 Å². The highest BCUT2D eigenvalue weighted by Gasteiger charge is 2.13. The summed E-state index contributed by atoms with van der Waals surface area (Å²) in [5.41, 5.74) is 1.61. The Morgan fingerprint density at radius 3 is 2.95 bits per heavy atom. The van der Waals surface area contributed by atoms with Gasteiger partial charge in [-0.25, -0.2) is 4.98 Å². The minimum atomic E-state index is -0.389. The Bertz CT molecular complexity index is 600. The molecule has 0 atom stereocenters. The van der Waals surface area contributed by atoms with E-state index in [1.54, 1.807) is 23.5 Å². The molecule has 2 rings (SSSR count). The highest BCUT2D eigenvalue weighted by molar-refractivity contribution is 9.10. The fourth-order valence-corrected chi connectivity index (χ4v) is 2.65. The van der Waals surface area contributed by atoms with Crippen LogP contribution in [0, 0.1) is 17.0 Å². The predicted molar refractivity (Wildman–Crippen MR) is 79.8 cm³/mol. The SMILES string of the molecule is Cc1nc(CCNc2ccc(Br)cc2[N+](=O)[O-])cs1. The monoisotopic (exact) mass is 341 g/mol. The summed E-state index contributed by atoms with van der Waals surface area (Å²) in [4.78, 5) is 14.9. The number of aryl methyl sites for hydroxylation is 1. The van der Waals surface area contributed by atoms with E-state index in [2.05, 4.69) is 26.2 Å². The molecule has 0 aliphatic carbocycles. The Morgan fingerprint density at radius 2 is 2.32 bits per heavy atom. The Kier molecular flexibility index (Phi) is 4.49. The summed E-state index contributed by atoms with van der Waals surface area (Å²) >= 11 is 4.84. The number of benzene rings is 1. The van der Waals surface area contributed by atoms with Gasteiger partial charge in [0.2, 0.25) is 0 Å². The first-order chi connectivity index (χ1) is 9.06. The summed E-state index contributed by atoms with van der Waals surface area (Å²) < 4.78 is 0.694. The van der Waals surface area contributed by atoms with Crippen molar-refractivity contribution >= 4 is 38.6 Å². The average molecular weight is 342 g/mol. The van der Waals surface area contributed by atoms with Gasteiger partial charge >= 0.3 is 0 Å². The number of thiazole rings is 1. The molecule has 19 heavy (non-hydrogen) atoms. The number of halogens is 1. The topological polar surface area (TPSA) is 68.1 Å². The normalized spacial score (nSPS) is 10.4. The number of nitrogens with one attached hydrogen (secondary N) is 1. The number of aromatic nitrogens is 1. The number of hydrogen-bond donors (Lipinski definition) is 1. The molecular weight excluding hydrogens is 330 g/mol. The van der Waals surface area contributed by atoms with Crippen molar-refractivity contribution in [3.63, 3.8) is 0 Å². The number of nitrogens with zero attached hydrogens (tertiary/aromatic N) is 2. The predicted octanol–water partition coefficient (Wildman–Crippen LogP) is 3.78. The molecule has 0 radical (unpaired) electrons. The van der Waals surface area contributed by atoms with E-state index < -0.39 is 0 Å². The molecule has 0 bridgehead atoms. The molecule has 0 unspecified atom stereocenters. The van der Waals surface area contributed by atoms with Gasteiger partial charge in [-0.2, -0.15) is 0 Å². The summed E-state index contributed by atoms with van der Waals surface area (Å²) in [5.74, 6) is 0. The van der Waals surface area contributed by atoms with Crippen LogP contribution in [0.15, 0.2) is 28.1 Å². The molecule has 2 aromatic rings. The van der Waals surface area contributed by atoms with E-state index in [4.69, 9.17) is 0 Å². The van der Waals surface area contributed by atoms with Gasteiger partial charge < -0.3 is 5.32 Å². The Morgan fingerprint density at radius 1 is 1.53 bits per heavy atom. The molecule has 1 N–H and O–H groups in total. The molecule has 1 heterocycles. The first-order valence-electron chi connectivity index (χ1n) is 5.65. The molecule has 0 saturated carbocycles. The highest BCUT2D eigenvalue weighted by atomic mass is 79.9. The van der Waals surface area contributed by atoms with E-state index in [0.717, 1.165) is 17.1 Å². The lowest BCUT2D eigenvalue weighted by Crippen LogP contribution is -2.07. The van der Waals surface area contributed by atoms with E-state index in [1.807, 2.05) is 12.3 Å². The third-order valence-electron chi connectivity index (χ3n) is 2.52. The van der Waals surface area contributed by atoms with Crippen LogP contribution < -0.4 is 5.32 Å². The molecule has 7 heteroatoms. The zero-order chi connectivity index (χ0) is 13.8. The summed E-state index contributed by atoms with van der Waals surface area (Å²) in [6, 6.07) is 4.98. The molecule has 0 aliphatic rings. The first-order valence-corrected chi connectivity index (χ1v) is 7.32. The van der Waals surface area contributed by atoms with Crippen LogP contribution in [-0.4, -0.2) is 16.5 Å². The lowest BCUT2D eigenvalue weighted by Gasteiger charge is -2.06. The molecule has 100 valence electrons. The zero-order valence-electron chi connectivity index (χ0n) is 10.2. The van der Waals surface area contributed by atoms with Crippen molar-refractivity contribution in [1.29, 1.82) is 0 Å². The van der Waals surface area contributed by atoms with Crippen molar-refractivity contribution in [3.8, 4) is 0 Å². The maximum absolute atomic E-state index is 10.9. The number of nitro groups is 1. The van der Waals surface area contributed by atoms with Gasteiger partial charge in [0.05, 0.1) is 15.6 Å². The van der Waals surface area contributed by atoms with Crippen molar-refractivity contribution in [2.45, 2.75) is 13.3 Å². The Balaban J connectivity index is 2.01. The van der Waals surface area contributed by atoms with Crippen LogP contribution in [0.2, 0.25) is 0 Å². The lowest BCUT2D eigenvalue weighted by molar-refractivity contribution is -0.384. The number of anilines is 1. The second-order valence-electron chi connectivity index (χ2n) is 3.95. The van der Waals surface area contributed by atoms with E-state index in [1.165, 1.54) is 6.07 Å². The van der Waals surface area contributed by atoms with E-state index in [0.29, 0.717) is 16.7 Å². The summed E-state index contributed by atoms with van der Waals surface area (Å²) in [5, 5.41) is 17.1. The van der Waals surface area contributed by atoms with Gasteiger partial charge in [0.15, 0.2) is 0 Å². The molecule has 1 aromatic heterocycles. The molecule has 0 fully saturated rings. The fraction of sp³-hybridized carbons (Fsp3) is 0.250. The maximum Gasteiger partial charge on any atom is 0.293 e. The summed E-state index contributed by atoms with van der Waals surface area (Å²) in [7, 11) is 0. The minimum absolute atomic E-state index is 0.0730. The quantitative estimate of drug-likeness (QED) is 0.663. The van der Waals surface area contributed by atoms with Crippen molar-refractivity contribution in [2.24, 2.45) is 0 Å². The maximum atomic E-state index is 10.9. The van der Waals surface area contributed by atoms with Crippen LogP contribution in [0.3, 0.4) is 0 Å². The second kappa shape index (κ2) is 6.12. The summed E-state index contributed by atoms with van der Waals surface area (Å²) in [6.07, 6.45) is 0.748. The van der Waals surface area contributed by atoms with Crippen molar-refractivity contribution in [1.82, 2.24) is 4.98 Å². The van der Waals surface area contributed by atoms with Crippen LogP contribution in [0.5, 0.6) is 0 Å². The van der Waals surface area contributed by atoms with Gasteiger partial charge in [-0.3, -0.25) is 10.1 Å².